The maximum atomic E-state index is 12.5. The first-order valence-corrected chi connectivity index (χ1v) is 6.94. The molecule has 0 saturated heterocycles. The minimum absolute atomic E-state index is 0.107. The molecule has 0 aromatic heterocycles. The molecule has 1 unspecified atom stereocenters. The van der Waals surface area contributed by atoms with Crippen molar-refractivity contribution in [3.8, 4) is 0 Å². The maximum Gasteiger partial charge on any atom is 0.391 e. The fourth-order valence-electron chi connectivity index (χ4n) is 2.56. The summed E-state index contributed by atoms with van der Waals surface area (Å²) in [4.78, 5) is 11.7. The van der Waals surface area contributed by atoms with Gasteiger partial charge in [0.25, 0.3) is 0 Å². The summed E-state index contributed by atoms with van der Waals surface area (Å²) in [6.07, 6.45) is -1.12. The molecule has 1 fully saturated rings. The van der Waals surface area contributed by atoms with Crippen molar-refractivity contribution in [2.45, 2.75) is 70.1 Å². The molecular formula is C13H23F3N2O. The van der Waals surface area contributed by atoms with Gasteiger partial charge in [0.2, 0.25) is 5.91 Å². The minimum Gasteiger partial charge on any atom is -0.353 e. The Balaban J connectivity index is 2.27. The number of nitrogens with one attached hydrogen (secondary N) is 1. The Hall–Kier alpha value is -0.780. The molecule has 1 saturated carbocycles. The molecule has 1 aliphatic carbocycles. The van der Waals surface area contributed by atoms with Crippen molar-refractivity contribution < 1.29 is 18.0 Å². The van der Waals surface area contributed by atoms with Crippen LogP contribution in [0.4, 0.5) is 13.2 Å². The van der Waals surface area contributed by atoms with E-state index < -0.39 is 12.1 Å². The van der Waals surface area contributed by atoms with Crippen molar-refractivity contribution in [1.29, 1.82) is 0 Å². The quantitative estimate of drug-likeness (QED) is 0.813. The molecule has 0 aromatic rings. The lowest BCUT2D eigenvalue weighted by molar-refractivity contribution is -0.182. The standard InChI is InChI=1S/C13H23F3N2O/c1-2-3-10(17)8-12(19)18-11-6-4-9(5-7-11)13(14,15)16/h9-11H,2-8,17H2,1H3,(H,18,19). The van der Waals surface area contributed by atoms with E-state index in [4.69, 9.17) is 5.73 Å². The fourth-order valence-corrected chi connectivity index (χ4v) is 2.56. The number of hydrogen-bond donors (Lipinski definition) is 2. The largest absolute Gasteiger partial charge is 0.391 e. The normalized spacial score (nSPS) is 25.9. The van der Waals surface area contributed by atoms with E-state index in [0.29, 0.717) is 12.8 Å². The van der Waals surface area contributed by atoms with Gasteiger partial charge in [-0.1, -0.05) is 13.3 Å². The lowest BCUT2D eigenvalue weighted by atomic mass is 9.85. The molecule has 3 nitrogen and oxygen atoms in total. The average molecular weight is 280 g/mol. The highest BCUT2D eigenvalue weighted by Gasteiger charge is 2.41. The molecule has 0 heterocycles. The second-order valence-corrected chi connectivity index (χ2v) is 5.41. The summed E-state index contributed by atoms with van der Waals surface area (Å²) in [5.41, 5.74) is 5.76. The molecule has 1 aliphatic rings. The monoisotopic (exact) mass is 280 g/mol. The Morgan fingerprint density at radius 1 is 1.32 bits per heavy atom. The molecule has 0 bridgehead atoms. The predicted molar refractivity (Wildman–Crippen MR) is 67.4 cm³/mol. The summed E-state index contributed by atoms with van der Waals surface area (Å²) in [5, 5.41) is 2.79. The summed E-state index contributed by atoms with van der Waals surface area (Å²) in [7, 11) is 0. The van der Waals surface area contributed by atoms with E-state index in [-0.39, 0.29) is 37.3 Å². The van der Waals surface area contributed by atoms with E-state index in [0.717, 1.165) is 12.8 Å². The lowest BCUT2D eigenvalue weighted by Gasteiger charge is -2.30. The predicted octanol–water partition coefficient (Wildman–Crippen LogP) is 2.74. The number of carbonyl (C=O) groups is 1. The third-order valence-electron chi connectivity index (χ3n) is 3.66. The fraction of sp³-hybridized carbons (Fsp3) is 0.923. The summed E-state index contributed by atoms with van der Waals surface area (Å²) < 4.78 is 37.5. The van der Waals surface area contributed by atoms with Gasteiger partial charge in [0.05, 0.1) is 5.92 Å². The van der Waals surface area contributed by atoms with E-state index in [1.807, 2.05) is 6.92 Å². The highest BCUT2D eigenvalue weighted by Crippen LogP contribution is 2.37. The number of amides is 1. The van der Waals surface area contributed by atoms with E-state index in [1.54, 1.807) is 0 Å². The van der Waals surface area contributed by atoms with Crippen LogP contribution in [0.25, 0.3) is 0 Å². The Morgan fingerprint density at radius 2 is 1.89 bits per heavy atom. The van der Waals surface area contributed by atoms with Gasteiger partial charge in [-0.25, -0.2) is 0 Å². The van der Waals surface area contributed by atoms with Crippen molar-refractivity contribution in [2.24, 2.45) is 11.7 Å². The van der Waals surface area contributed by atoms with Crippen LogP contribution in [0.1, 0.15) is 51.9 Å². The van der Waals surface area contributed by atoms with Crippen molar-refractivity contribution in [3.05, 3.63) is 0 Å². The van der Waals surface area contributed by atoms with Crippen LogP contribution in [0.15, 0.2) is 0 Å². The Morgan fingerprint density at radius 3 is 2.37 bits per heavy atom. The van der Waals surface area contributed by atoms with Gasteiger partial charge in [-0.15, -0.1) is 0 Å². The molecule has 1 amide bonds. The zero-order chi connectivity index (χ0) is 14.5. The molecule has 1 rings (SSSR count). The van der Waals surface area contributed by atoms with Crippen LogP contribution in [0.2, 0.25) is 0 Å². The molecule has 0 aromatic carbocycles. The number of halogens is 3. The molecular weight excluding hydrogens is 257 g/mol. The second-order valence-electron chi connectivity index (χ2n) is 5.41. The molecule has 1 atom stereocenters. The van der Waals surface area contributed by atoms with Gasteiger partial charge in [-0.2, -0.15) is 13.2 Å². The first-order valence-electron chi connectivity index (χ1n) is 6.94. The number of hydrogen-bond acceptors (Lipinski definition) is 2. The average Bonchev–Trinajstić information content (AvgIpc) is 2.28. The van der Waals surface area contributed by atoms with E-state index in [2.05, 4.69) is 5.32 Å². The van der Waals surface area contributed by atoms with Gasteiger partial charge in [-0.3, -0.25) is 4.79 Å². The van der Waals surface area contributed by atoms with Crippen molar-refractivity contribution in [3.63, 3.8) is 0 Å². The summed E-state index contributed by atoms with van der Waals surface area (Å²) in [6, 6.07) is -0.281. The smallest absolute Gasteiger partial charge is 0.353 e. The third kappa shape index (κ3) is 5.80. The van der Waals surface area contributed by atoms with Crippen LogP contribution in [-0.4, -0.2) is 24.2 Å². The van der Waals surface area contributed by atoms with E-state index in [1.165, 1.54) is 0 Å². The van der Waals surface area contributed by atoms with Gasteiger partial charge in [0.1, 0.15) is 0 Å². The van der Waals surface area contributed by atoms with Crippen molar-refractivity contribution >= 4 is 5.91 Å². The van der Waals surface area contributed by atoms with Gasteiger partial charge < -0.3 is 11.1 Å². The first-order chi connectivity index (χ1) is 8.82. The van der Waals surface area contributed by atoms with Crippen LogP contribution >= 0.6 is 0 Å². The summed E-state index contributed by atoms with van der Waals surface area (Å²) in [6.45, 7) is 2.00. The molecule has 0 spiro atoms. The van der Waals surface area contributed by atoms with Gasteiger partial charge in [0.15, 0.2) is 0 Å². The molecule has 0 radical (unpaired) electrons. The van der Waals surface area contributed by atoms with E-state index >= 15 is 0 Å². The Kier molecular flexibility index (Phi) is 6.10. The second kappa shape index (κ2) is 7.12. The van der Waals surface area contributed by atoms with Crippen LogP contribution in [0, 0.1) is 5.92 Å². The molecule has 19 heavy (non-hydrogen) atoms. The van der Waals surface area contributed by atoms with Crippen molar-refractivity contribution in [1.82, 2.24) is 5.32 Å². The minimum atomic E-state index is -4.10. The molecule has 6 heteroatoms. The summed E-state index contributed by atoms with van der Waals surface area (Å²) >= 11 is 0. The SMILES string of the molecule is CCCC(N)CC(=O)NC1CCC(C(F)(F)F)CC1. The Bertz CT molecular complexity index is 286. The third-order valence-corrected chi connectivity index (χ3v) is 3.66. The maximum absolute atomic E-state index is 12.5. The zero-order valence-electron chi connectivity index (χ0n) is 11.3. The first kappa shape index (κ1) is 16.3. The van der Waals surface area contributed by atoms with Gasteiger partial charge in [0, 0.05) is 18.5 Å². The summed E-state index contributed by atoms with van der Waals surface area (Å²) in [5.74, 6) is -1.35. The van der Waals surface area contributed by atoms with Gasteiger partial charge in [-0.05, 0) is 32.1 Å². The highest BCUT2D eigenvalue weighted by atomic mass is 19.4. The van der Waals surface area contributed by atoms with Crippen LogP contribution in [0.5, 0.6) is 0 Å². The molecule has 0 aliphatic heterocycles. The lowest BCUT2D eigenvalue weighted by Crippen LogP contribution is -2.41. The van der Waals surface area contributed by atoms with Gasteiger partial charge >= 0.3 is 6.18 Å². The van der Waals surface area contributed by atoms with Crippen LogP contribution in [-0.2, 0) is 4.79 Å². The van der Waals surface area contributed by atoms with Crippen molar-refractivity contribution in [2.75, 3.05) is 0 Å². The number of nitrogens with two attached hydrogens (primary N) is 1. The number of carbonyl (C=O) groups excluding carboxylic acids is 1. The number of alkyl halides is 3. The molecule has 112 valence electrons. The van der Waals surface area contributed by atoms with Crippen LogP contribution in [0.3, 0.4) is 0 Å². The zero-order valence-corrected chi connectivity index (χ0v) is 11.3. The highest BCUT2D eigenvalue weighted by molar-refractivity contribution is 5.76. The molecule has 3 N–H and O–H groups in total. The van der Waals surface area contributed by atoms with E-state index in [9.17, 15) is 18.0 Å². The topological polar surface area (TPSA) is 55.1 Å². The van der Waals surface area contributed by atoms with Crippen LogP contribution < -0.4 is 11.1 Å². The Labute approximate surface area is 112 Å². The number of rotatable bonds is 5.